The molecule has 2 rings (SSSR count). The highest BCUT2D eigenvalue weighted by atomic mass is 35.5. The Bertz CT molecular complexity index is 397. The van der Waals surface area contributed by atoms with Gasteiger partial charge in [0.1, 0.15) is 0 Å². The average Bonchev–Trinajstić information content (AvgIpc) is 2.30. The molecule has 1 aliphatic rings. The molecule has 1 N–H and O–H groups in total. The van der Waals surface area contributed by atoms with Crippen molar-refractivity contribution in [1.29, 1.82) is 0 Å². The molecule has 0 bridgehead atoms. The van der Waals surface area contributed by atoms with Gasteiger partial charge in [0, 0.05) is 20.1 Å². The second-order valence-electron chi connectivity index (χ2n) is 3.99. The van der Waals surface area contributed by atoms with Crippen LogP contribution in [-0.4, -0.2) is 39.6 Å². The lowest BCUT2D eigenvalue weighted by atomic mass is 10.1. The number of likely N-dealkylation sites (N-methyl/N-ethyl adjacent to an activating group) is 2. The van der Waals surface area contributed by atoms with Gasteiger partial charge in [-0.1, -0.05) is 12.1 Å². The maximum atomic E-state index is 11.9. The van der Waals surface area contributed by atoms with Gasteiger partial charge in [0.05, 0.1) is 17.9 Å². The van der Waals surface area contributed by atoms with Crippen molar-refractivity contribution in [2.24, 2.45) is 0 Å². The molecule has 0 spiro atoms. The summed E-state index contributed by atoms with van der Waals surface area (Å²) in [6.45, 7) is 2.03. The van der Waals surface area contributed by atoms with Gasteiger partial charge in [0.2, 0.25) is 5.91 Å². The monoisotopic (exact) mass is 255 g/mol. The van der Waals surface area contributed by atoms with Crippen molar-refractivity contribution in [2.45, 2.75) is 0 Å². The molecule has 1 aromatic carbocycles. The summed E-state index contributed by atoms with van der Waals surface area (Å²) in [5.74, 6) is 0.128. The van der Waals surface area contributed by atoms with Crippen LogP contribution < -0.4 is 15.1 Å². The molecule has 1 amide bonds. The molecule has 17 heavy (non-hydrogen) atoms. The number of nitrogens with zero attached hydrogens (tertiary/aromatic N) is 2. The van der Waals surface area contributed by atoms with Crippen LogP contribution in [0, 0.1) is 0 Å². The third kappa shape index (κ3) is 2.70. The van der Waals surface area contributed by atoms with E-state index in [9.17, 15) is 4.79 Å². The molecule has 0 radical (unpaired) electrons. The molecule has 4 nitrogen and oxygen atoms in total. The number of hydrogen-bond acceptors (Lipinski definition) is 3. The Balaban J connectivity index is 0.00000144. The van der Waals surface area contributed by atoms with Gasteiger partial charge < -0.3 is 15.1 Å². The highest BCUT2D eigenvalue weighted by molar-refractivity contribution is 5.98. The lowest BCUT2D eigenvalue weighted by Crippen LogP contribution is -2.45. The Morgan fingerprint density at radius 1 is 1.29 bits per heavy atom. The highest BCUT2D eigenvalue weighted by Gasteiger charge is 2.23. The first-order valence-electron chi connectivity index (χ1n) is 5.49. The average molecular weight is 256 g/mol. The summed E-state index contributed by atoms with van der Waals surface area (Å²) in [4.78, 5) is 15.9. The summed E-state index contributed by atoms with van der Waals surface area (Å²) in [7, 11) is 3.85. The third-order valence-corrected chi connectivity index (χ3v) is 2.87. The molecular weight excluding hydrogens is 238 g/mol. The number of nitrogens with one attached hydrogen (secondary N) is 1. The molecule has 0 saturated carbocycles. The Labute approximate surface area is 108 Å². The quantitative estimate of drug-likeness (QED) is 0.860. The number of halogens is 1. The molecule has 0 aliphatic carbocycles. The summed E-state index contributed by atoms with van der Waals surface area (Å²) in [6.07, 6.45) is 0. The Morgan fingerprint density at radius 2 is 1.94 bits per heavy atom. The van der Waals surface area contributed by atoms with Crippen molar-refractivity contribution in [3.8, 4) is 0 Å². The number of para-hydroxylation sites is 2. The van der Waals surface area contributed by atoms with Crippen LogP contribution in [0.2, 0.25) is 0 Å². The molecular formula is C12H18ClN3O. The smallest absolute Gasteiger partial charge is 0.241 e. The number of hydrogen-bond donors (Lipinski definition) is 1. The summed E-state index contributed by atoms with van der Waals surface area (Å²) < 4.78 is 0. The number of carbonyl (C=O) groups excluding carboxylic acids is 1. The van der Waals surface area contributed by atoms with Crippen molar-refractivity contribution in [2.75, 3.05) is 43.5 Å². The second kappa shape index (κ2) is 5.89. The van der Waals surface area contributed by atoms with Gasteiger partial charge in [-0.2, -0.15) is 0 Å². The molecule has 1 heterocycles. The van der Waals surface area contributed by atoms with Gasteiger partial charge in [-0.25, -0.2) is 0 Å². The molecule has 0 atom stereocenters. The molecule has 94 valence electrons. The number of fused-ring (bicyclic) bond motifs is 1. The third-order valence-electron chi connectivity index (χ3n) is 2.87. The van der Waals surface area contributed by atoms with Gasteiger partial charge in [0.15, 0.2) is 0 Å². The lowest BCUT2D eigenvalue weighted by molar-refractivity contribution is -0.117. The van der Waals surface area contributed by atoms with E-state index in [1.54, 1.807) is 7.05 Å². The van der Waals surface area contributed by atoms with E-state index in [0.717, 1.165) is 24.5 Å². The zero-order valence-electron chi connectivity index (χ0n) is 10.1. The first kappa shape index (κ1) is 13.8. The van der Waals surface area contributed by atoms with Crippen LogP contribution in [0.1, 0.15) is 0 Å². The first-order valence-corrected chi connectivity index (χ1v) is 5.49. The van der Waals surface area contributed by atoms with Gasteiger partial charge in [0.25, 0.3) is 0 Å². The highest BCUT2D eigenvalue weighted by Crippen LogP contribution is 2.31. The largest absolute Gasteiger partial charge is 0.371 e. The first-order chi connectivity index (χ1) is 7.74. The van der Waals surface area contributed by atoms with Crippen LogP contribution >= 0.6 is 12.4 Å². The molecule has 0 unspecified atom stereocenters. The van der Waals surface area contributed by atoms with Gasteiger partial charge in [-0.15, -0.1) is 12.4 Å². The van der Waals surface area contributed by atoms with E-state index >= 15 is 0 Å². The number of amides is 1. The molecule has 0 aromatic heterocycles. The van der Waals surface area contributed by atoms with Crippen LogP contribution in [0.15, 0.2) is 24.3 Å². The van der Waals surface area contributed by atoms with Crippen molar-refractivity contribution in [3.63, 3.8) is 0 Å². The summed E-state index contributed by atoms with van der Waals surface area (Å²) in [5, 5.41) is 2.90. The SMILES string of the molecule is CNCC(=O)N1CCN(C)c2ccccc21.Cl. The Morgan fingerprint density at radius 3 is 2.59 bits per heavy atom. The van der Waals surface area contributed by atoms with E-state index in [1.165, 1.54) is 0 Å². The van der Waals surface area contributed by atoms with Crippen molar-refractivity contribution < 1.29 is 4.79 Å². The van der Waals surface area contributed by atoms with E-state index < -0.39 is 0 Å². The minimum Gasteiger partial charge on any atom is -0.371 e. The number of anilines is 2. The standard InChI is InChI=1S/C12H17N3O.ClH/c1-13-9-12(16)15-8-7-14(2)10-5-3-4-6-11(10)15;/h3-6,13H,7-9H2,1-2H3;1H. The summed E-state index contributed by atoms with van der Waals surface area (Å²) in [6, 6.07) is 8.02. The molecule has 0 saturated heterocycles. The Kier molecular flexibility index (Phi) is 4.78. The minimum absolute atomic E-state index is 0. The molecule has 0 fully saturated rings. The second-order valence-corrected chi connectivity index (χ2v) is 3.99. The molecule has 1 aromatic rings. The normalized spacial score (nSPS) is 14.0. The van der Waals surface area contributed by atoms with E-state index in [2.05, 4.69) is 17.3 Å². The molecule has 5 heteroatoms. The van der Waals surface area contributed by atoms with Crippen LogP contribution in [-0.2, 0) is 4.79 Å². The fourth-order valence-electron chi connectivity index (χ4n) is 2.01. The zero-order valence-corrected chi connectivity index (χ0v) is 11.0. The van der Waals surface area contributed by atoms with Crippen molar-refractivity contribution in [3.05, 3.63) is 24.3 Å². The maximum absolute atomic E-state index is 11.9. The summed E-state index contributed by atoms with van der Waals surface area (Å²) >= 11 is 0. The summed E-state index contributed by atoms with van der Waals surface area (Å²) in [5.41, 5.74) is 2.13. The van der Waals surface area contributed by atoms with Gasteiger partial charge in [-0.3, -0.25) is 4.79 Å². The molecule has 1 aliphatic heterocycles. The van der Waals surface area contributed by atoms with Crippen molar-refractivity contribution in [1.82, 2.24) is 5.32 Å². The van der Waals surface area contributed by atoms with E-state index in [0.29, 0.717) is 6.54 Å². The lowest BCUT2D eigenvalue weighted by Gasteiger charge is -2.35. The maximum Gasteiger partial charge on any atom is 0.241 e. The van der Waals surface area contributed by atoms with Crippen LogP contribution in [0.25, 0.3) is 0 Å². The Hall–Kier alpha value is -1.26. The van der Waals surface area contributed by atoms with Crippen LogP contribution in [0.5, 0.6) is 0 Å². The van der Waals surface area contributed by atoms with E-state index in [-0.39, 0.29) is 18.3 Å². The van der Waals surface area contributed by atoms with Crippen LogP contribution in [0.3, 0.4) is 0 Å². The minimum atomic E-state index is 0. The fourth-order valence-corrected chi connectivity index (χ4v) is 2.01. The predicted octanol–water partition coefficient (Wildman–Crippen LogP) is 1.11. The van der Waals surface area contributed by atoms with E-state index in [1.807, 2.05) is 29.2 Å². The number of carbonyl (C=O) groups is 1. The fraction of sp³-hybridized carbons (Fsp3) is 0.417. The van der Waals surface area contributed by atoms with Gasteiger partial charge >= 0.3 is 0 Å². The predicted molar refractivity (Wildman–Crippen MR) is 73.2 cm³/mol. The van der Waals surface area contributed by atoms with Crippen LogP contribution in [0.4, 0.5) is 11.4 Å². The topological polar surface area (TPSA) is 35.6 Å². The van der Waals surface area contributed by atoms with Gasteiger partial charge in [-0.05, 0) is 19.2 Å². The van der Waals surface area contributed by atoms with E-state index in [4.69, 9.17) is 0 Å². The number of rotatable bonds is 2. The number of benzene rings is 1. The zero-order chi connectivity index (χ0) is 11.5. The van der Waals surface area contributed by atoms with Crippen molar-refractivity contribution >= 4 is 29.7 Å².